The van der Waals surface area contributed by atoms with Crippen molar-refractivity contribution in [2.75, 3.05) is 7.11 Å². The highest BCUT2D eigenvalue weighted by Crippen LogP contribution is 2.56. The van der Waals surface area contributed by atoms with Crippen molar-refractivity contribution in [2.45, 2.75) is 12.8 Å². The van der Waals surface area contributed by atoms with Crippen LogP contribution in [0.25, 0.3) is 0 Å². The monoisotopic (exact) mass is 152 g/mol. The maximum atomic E-state index is 11.1. The number of fused-ring (bicyclic) bond motifs is 1. The Morgan fingerprint density at radius 2 is 2.45 bits per heavy atom. The second kappa shape index (κ2) is 2.10. The van der Waals surface area contributed by atoms with Gasteiger partial charge < -0.3 is 4.74 Å². The zero-order valence-electron chi connectivity index (χ0n) is 6.67. The van der Waals surface area contributed by atoms with E-state index in [0.29, 0.717) is 11.8 Å². The third-order valence-corrected chi connectivity index (χ3v) is 3.02. The highest BCUT2D eigenvalue weighted by Gasteiger charge is 2.53. The highest BCUT2D eigenvalue weighted by atomic mass is 16.5. The number of carbonyl (C=O) groups excluding carboxylic acids is 1. The summed E-state index contributed by atoms with van der Waals surface area (Å²) in [5, 5.41) is 0. The number of rotatable bonds is 1. The van der Waals surface area contributed by atoms with Crippen molar-refractivity contribution in [1.82, 2.24) is 0 Å². The Kier molecular flexibility index (Phi) is 1.31. The minimum absolute atomic E-state index is 0.0371. The Hall–Kier alpha value is -0.790. The van der Waals surface area contributed by atoms with Crippen LogP contribution in [0.3, 0.4) is 0 Å². The average molecular weight is 152 g/mol. The molecule has 3 rings (SSSR count). The minimum Gasteiger partial charge on any atom is -0.469 e. The molecular formula is C9H12O2. The van der Waals surface area contributed by atoms with Gasteiger partial charge in [-0.3, -0.25) is 4.79 Å². The SMILES string of the molecule is C=C1C[C@H]2C[C@@H]1[C@@H]2C(=O)OC. The molecular weight excluding hydrogens is 140 g/mol. The molecule has 0 aromatic heterocycles. The van der Waals surface area contributed by atoms with Crippen molar-refractivity contribution in [1.29, 1.82) is 0 Å². The van der Waals surface area contributed by atoms with Crippen LogP contribution in [0.4, 0.5) is 0 Å². The molecule has 3 atom stereocenters. The van der Waals surface area contributed by atoms with Gasteiger partial charge in [-0.2, -0.15) is 0 Å². The summed E-state index contributed by atoms with van der Waals surface area (Å²) in [6, 6.07) is 0. The van der Waals surface area contributed by atoms with Crippen molar-refractivity contribution in [3.8, 4) is 0 Å². The van der Waals surface area contributed by atoms with E-state index >= 15 is 0 Å². The van der Waals surface area contributed by atoms with E-state index in [1.165, 1.54) is 19.1 Å². The van der Waals surface area contributed by atoms with Gasteiger partial charge in [0.05, 0.1) is 13.0 Å². The van der Waals surface area contributed by atoms with Crippen LogP contribution in [0.2, 0.25) is 0 Å². The molecule has 3 saturated carbocycles. The van der Waals surface area contributed by atoms with Gasteiger partial charge >= 0.3 is 5.97 Å². The Labute approximate surface area is 66.2 Å². The van der Waals surface area contributed by atoms with Gasteiger partial charge in [0.1, 0.15) is 0 Å². The van der Waals surface area contributed by atoms with Gasteiger partial charge in [-0.25, -0.2) is 0 Å². The lowest BCUT2D eigenvalue weighted by atomic mass is 9.72. The lowest BCUT2D eigenvalue weighted by molar-refractivity contribution is -0.152. The molecule has 0 spiro atoms. The fraction of sp³-hybridized carbons (Fsp3) is 0.667. The van der Waals surface area contributed by atoms with E-state index in [2.05, 4.69) is 6.58 Å². The zero-order valence-corrected chi connectivity index (χ0v) is 6.67. The van der Waals surface area contributed by atoms with Gasteiger partial charge in [-0.15, -0.1) is 0 Å². The van der Waals surface area contributed by atoms with Crippen molar-refractivity contribution in [3.05, 3.63) is 12.2 Å². The van der Waals surface area contributed by atoms with E-state index in [-0.39, 0.29) is 11.9 Å². The molecule has 3 aliphatic rings. The van der Waals surface area contributed by atoms with Crippen LogP contribution >= 0.6 is 0 Å². The Morgan fingerprint density at radius 1 is 1.73 bits per heavy atom. The maximum Gasteiger partial charge on any atom is 0.309 e. The first-order chi connectivity index (χ1) is 5.24. The van der Waals surface area contributed by atoms with Crippen LogP contribution < -0.4 is 0 Å². The van der Waals surface area contributed by atoms with Gasteiger partial charge in [0.25, 0.3) is 0 Å². The standard InChI is InChI=1S/C9H12O2/c1-5-3-6-4-7(5)8(6)9(10)11-2/h6-8H,1,3-4H2,2H3/t6-,7-,8+/m0/s1. The molecule has 2 bridgehead atoms. The zero-order chi connectivity index (χ0) is 8.01. The number of hydrogen-bond donors (Lipinski definition) is 0. The van der Waals surface area contributed by atoms with Crippen molar-refractivity contribution in [3.63, 3.8) is 0 Å². The summed E-state index contributed by atoms with van der Waals surface area (Å²) in [5.41, 5.74) is 1.26. The second-order valence-corrected chi connectivity index (χ2v) is 3.51. The number of allylic oxidation sites excluding steroid dienone is 1. The van der Waals surface area contributed by atoms with Gasteiger partial charge in [-0.1, -0.05) is 12.2 Å². The Bertz CT molecular complexity index is 220. The van der Waals surface area contributed by atoms with Crippen molar-refractivity contribution in [2.24, 2.45) is 17.8 Å². The summed E-state index contributed by atoms with van der Waals surface area (Å²) in [6.45, 7) is 3.94. The molecule has 0 radical (unpaired) electrons. The van der Waals surface area contributed by atoms with Crippen LogP contribution in [0, 0.1) is 17.8 Å². The first-order valence-corrected chi connectivity index (χ1v) is 3.99. The largest absolute Gasteiger partial charge is 0.469 e. The lowest BCUT2D eigenvalue weighted by Gasteiger charge is -2.32. The topological polar surface area (TPSA) is 26.3 Å². The minimum atomic E-state index is -0.0371. The molecule has 2 heteroatoms. The second-order valence-electron chi connectivity index (χ2n) is 3.51. The highest BCUT2D eigenvalue weighted by molar-refractivity contribution is 5.75. The summed E-state index contributed by atoms with van der Waals surface area (Å²) < 4.78 is 4.70. The predicted octanol–water partition coefficient (Wildman–Crippen LogP) is 1.37. The van der Waals surface area contributed by atoms with Gasteiger partial charge in [0, 0.05) is 0 Å². The fourth-order valence-electron chi connectivity index (χ4n) is 2.36. The Balaban J connectivity index is 2.10. The molecule has 60 valence electrons. The molecule has 2 nitrogen and oxygen atoms in total. The summed E-state index contributed by atoms with van der Waals surface area (Å²) in [6.07, 6.45) is 2.21. The van der Waals surface area contributed by atoms with E-state index in [4.69, 9.17) is 4.74 Å². The quantitative estimate of drug-likeness (QED) is 0.419. The number of esters is 1. The fourth-order valence-corrected chi connectivity index (χ4v) is 2.36. The molecule has 0 amide bonds. The Morgan fingerprint density at radius 3 is 2.82 bits per heavy atom. The molecule has 0 aromatic carbocycles. The molecule has 0 N–H and O–H groups in total. The maximum absolute atomic E-state index is 11.1. The predicted molar refractivity (Wildman–Crippen MR) is 40.9 cm³/mol. The number of ether oxygens (including phenoxy) is 1. The summed E-state index contributed by atoms with van der Waals surface area (Å²) in [4.78, 5) is 11.1. The molecule has 0 unspecified atom stereocenters. The van der Waals surface area contributed by atoms with Gasteiger partial charge in [-0.05, 0) is 24.7 Å². The van der Waals surface area contributed by atoms with Gasteiger partial charge in [0.15, 0.2) is 0 Å². The smallest absolute Gasteiger partial charge is 0.309 e. The number of carbonyl (C=O) groups is 1. The van der Waals surface area contributed by atoms with Crippen LogP contribution in [0.15, 0.2) is 12.2 Å². The molecule has 3 aliphatic carbocycles. The van der Waals surface area contributed by atoms with E-state index < -0.39 is 0 Å². The summed E-state index contributed by atoms with van der Waals surface area (Å²) >= 11 is 0. The van der Waals surface area contributed by atoms with Crippen LogP contribution in [0.1, 0.15) is 12.8 Å². The lowest BCUT2D eigenvalue weighted by Crippen LogP contribution is -2.35. The van der Waals surface area contributed by atoms with Crippen molar-refractivity contribution < 1.29 is 9.53 Å². The van der Waals surface area contributed by atoms with Gasteiger partial charge in [0.2, 0.25) is 0 Å². The van der Waals surface area contributed by atoms with Crippen LogP contribution in [0.5, 0.6) is 0 Å². The van der Waals surface area contributed by atoms with E-state index in [0.717, 1.165) is 6.42 Å². The first-order valence-electron chi connectivity index (χ1n) is 3.99. The first kappa shape index (κ1) is 6.89. The third-order valence-electron chi connectivity index (χ3n) is 3.02. The molecule has 0 aromatic rings. The van der Waals surface area contributed by atoms with E-state index in [1.54, 1.807) is 0 Å². The van der Waals surface area contributed by atoms with Crippen molar-refractivity contribution >= 4 is 5.97 Å². The summed E-state index contributed by atoms with van der Waals surface area (Å²) in [7, 11) is 1.46. The molecule has 0 aliphatic heterocycles. The molecule has 0 heterocycles. The van der Waals surface area contributed by atoms with Crippen LogP contribution in [-0.4, -0.2) is 13.1 Å². The summed E-state index contributed by atoms with van der Waals surface area (Å²) in [5.74, 6) is 1.13. The van der Waals surface area contributed by atoms with Crippen LogP contribution in [-0.2, 0) is 9.53 Å². The number of methoxy groups -OCH3 is 1. The van der Waals surface area contributed by atoms with E-state index in [1.807, 2.05) is 0 Å². The third kappa shape index (κ3) is 0.753. The normalized spacial score (nSPS) is 40.1. The molecule has 3 fully saturated rings. The molecule has 11 heavy (non-hydrogen) atoms. The molecule has 0 saturated heterocycles. The number of hydrogen-bond acceptors (Lipinski definition) is 2. The van der Waals surface area contributed by atoms with E-state index in [9.17, 15) is 4.79 Å². The average Bonchev–Trinajstić information content (AvgIpc) is 2.43.